The van der Waals surface area contributed by atoms with Crippen LogP contribution in [0.3, 0.4) is 0 Å². The monoisotopic (exact) mass is 243 g/mol. The van der Waals surface area contributed by atoms with Crippen molar-refractivity contribution in [1.82, 2.24) is 4.90 Å². The van der Waals surface area contributed by atoms with Crippen LogP contribution in [0.2, 0.25) is 0 Å². The number of ether oxygens (including phenoxy) is 2. The predicted molar refractivity (Wildman–Crippen MR) is 66.8 cm³/mol. The van der Waals surface area contributed by atoms with E-state index < -0.39 is 5.60 Å². The summed E-state index contributed by atoms with van der Waals surface area (Å²) in [5.41, 5.74) is -0.227. The fourth-order valence-electron chi connectivity index (χ4n) is 1.62. The summed E-state index contributed by atoms with van der Waals surface area (Å²) in [4.78, 5) is 13.6. The van der Waals surface area contributed by atoms with Crippen molar-refractivity contribution >= 4 is 6.09 Å². The molecule has 0 saturated carbocycles. The lowest BCUT2D eigenvalue weighted by atomic mass is 9.85. The second-order valence-corrected chi connectivity index (χ2v) is 6.45. The third-order valence-electron chi connectivity index (χ3n) is 2.88. The molecule has 1 heterocycles. The lowest BCUT2D eigenvalue weighted by molar-refractivity contribution is -0.0323. The molecule has 0 aliphatic carbocycles. The number of carbonyl (C=O) groups excluding carboxylic acids is 1. The Balaban J connectivity index is 2.55. The molecule has 0 aromatic rings. The molecule has 1 rings (SSSR count). The molecule has 100 valence electrons. The van der Waals surface area contributed by atoms with E-state index in [4.69, 9.17) is 9.47 Å². The summed E-state index contributed by atoms with van der Waals surface area (Å²) in [5, 5.41) is 0. The van der Waals surface area contributed by atoms with Gasteiger partial charge in [0.15, 0.2) is 0 Å². The van der Waals surface area contributed by atoms with Crippen molar-refractivity contribution in [1.29, 1.82) is 0 Å². The molecule has 0 N–H and O–H groups in total. The summed E-state index contributed by atoms with van der Waals surface area (Å²) >= 11 is 0. The van der Waals surface area contributed by atoms with Gasteiger partial charge in [-0.1, -0.05) is 13.8 Å². The van der Waals surface area contributed by atoms with Crippen LogP contribution in [-0.4, -0.2) is 36.5 Å². The van der Waals surface area contributed by atoms with Crippen LogP contribution in [0.15, 0.2) is 0 Å². The first-order valence-corrected chi connectivity index (χ1v) is 6.25. The number of rotatable bonds is 0. The molecule has 1 aliphatic rings. The van der Waals surface area contributed by atoms with Crippen molar-refractivity contribution in [2.75, 3.05) is 19.9 Å². The average Bonchev–Trinajstić information content (AvgIpc) is 2.10. The first-order chi connectivity index (χ1) is 7.70. The number of amides is 1. The molecule has 1 aliphatic heterocycles. The standard InChI is InChI=1S/C13H25NO3/c1-12(2,3)17-11(15)14-8-6-13(4,5)7-9-16-10-14/h6-10H2,1-5H3. The Morgan fingerprint density at radius 2 is 1.94 bits per heavy atom. The molecule has 0 radical (unpaired) electrons. The zero-order valence-electron chi connectivity index (χ0n) is 11.7. The summed E-state index contributed by atoms with van der Waals surface area (Å²) < 4.78 is 10.8. The molecule has 0 aromatic carbocycles. The fourth-order valence-corrected chi connectivity index (χ4v) is 1.62. The van der Waals surface area contributed by atoms with Gasteiger partial charge in [0.1, 0.15) is 12.3 Å². The van der Waals surface area contributed by atoms with E-state index in [1.807, 2.05) is 20.8 Å². The Bertz CT molecular complexity index is 268. The van der Waals surface area contributed by atoms with Crippen molar-refractivity contribution in [3.63, 3.8) is 0 Å². The van der Waals surface area contributed by atoms with E-state index >= 15 is 0 Å². The second-order valence-electron chi connectivity index (χ2n) is 6.45. The van der Waals surface area contributed by atoms with Gasteiger partial charge in [-0.2, -0.15) is 0 Å². The molecular formula is C13H25NO3. The van der Waals surface area contributed by atoms with E-state index in [9.17, 15) is 4.79 Å². The van der Waals surface area contributed by atoms with Gasteiger partial charge in [-0.05, 0) is 39.0 Å². The molecule has 4 nitrogen and oxygen atoms in total. The molecular weight excluding hydrogens is 218 g/mol. The highest BCUT2D eigenvalue weighted by Crippen LogP contribution is 2.27. The maximum absolute atomic E-state index is 11.9. The van der Waals surface area contributed by atoms with Crippen molar-refractivity contribution in [3.8, 4) is 0 Å². The lowest BCUT2D eigenvalue weighted by Gasteiger charge is -2.33. The van der Waals surface area contributed by atoms with Gasteiger partial charge in [0.2, 0.25) is 0 Å². The molecule has 4 heteroatoms. The van der Waals surface area contributed by atoms with Crippen molar-refractivity contribution in [2.24, 2.45) is 5.41 Å². The van der Waals surface area contributed by atoms with Crippen LogP contribution in [0.1, 0.15) is 47.5 Å². The van der Waals surface area contributed by atoms with E-state index in [0.29, 0.717) is 19.9 Å². The Morgan fingerprint density at radius 3 is 2.53 bits per heavy atom. The van der Waals surface area contributed by atoms with Crippen LogP contribution in [0.5, 0.6) is 0 Å². The number of hydrogen-bond acceptors (Lipinski definition) is 3. The molecule has 0 aromatic heterocycles. The molecule has 1 fully saturated rings. The van der Waals surface area contributed by atoms with Crippen molar-refractivity contribution in [3.05, 3.63) is 0 Å². The minimum absolute atomic E-state index is 0.223. The van der Waals surface area contributed by atoms with E-state index in [1.165, 1.54) is 0 Å². The van der Waals surface area contributed by atoms with Gasteiger partial charge < -0.3 is 9.47 Å². The quantitative estimate of drug-likeness (QED) is 0.656. The topological polar surface area (TPSA) is 38.8 Å². The number of carbonyl (C=O) groups is 1. The van der Waals surface area contributed by atoms with E-state index in [-0.39, 0.29) is 11.5 Å². The first-order valence-electron chi connectivity index (χ1n) is 6.25. The normalized spacial score (nSPS) is 21.6. The summed E-state index contributed by atoms with van der Waals surface area (Å²) in [6.07, 6.45) is 1.74. The van der Waals surface area contributed by atoms with Gasteiger partial charge in [-0.15, -0.1) is 0 Å². The van der Waals surface area contributed by atoms with Gasteiger partial charge in [-0.3, -0.25) is 4.90 Å². The third kappa shape index (κ3) is 5.39. The van der Waals surface area contributed by atoms with Crippen LogP contribution in [0.25, 0.3) is 0 Å². The van der Waals surface area contributed by atoms with E-state index in [1.54, 1.807) is 4.90 Å². The highest BCUT2D eigenvalue weighted by atomic mass is 16.6. The first kappa shape index (κ1) is 14.3. The Hall–Kier alpha value is -0.770. The SMILES string of the molecule is CC1(C)CCOCN(C(=O)OC(C)(C)C)CC1. The van der Waals surface area contributed by atoms with Gasteiger partial charge in [-0.25, -0.2) is 4.79 Å². The van der Waals surface area contributed by atoms with Crippen LogP contribution in [-0.2, 0) is 9.47 Å². The molecule has 0 spiro atoms. The minimum Gasteiger partial charge on any atom is -0.444 e. The average molecular weight is 243 g/mol. The summed E-state index contributed by atoms with van der Waals surface area (Å²) in [5.74, 6) is 0. The largest absolute Gasteiger partial charge is 0.444 e. The van der Waals surface area contributed by atoms with Crippen molar-refractivity contribution < 1.29 is 14.3 Å². The molecule has 17 heavy (non-hydrogen) atoms. The number of nitrogens with zero attached hydrogens (tertiary/aromatic N) is 1. The van der Waals surface area contributed by atoms with Gasteiger partial charge in [0.25, 0.3) is 0 Å². The van der Waals surface area contributed by atoms with Gasteiger partial charge in [0, 0.05) is 13.2 Å². The minimum atomic E-state index is -0.449. The highest BCUT2D eigenvalue weighted by molar-refractivity contribution is 5.67. The summed E-state index contributed by atoms with van der Waals surface area (Å²) in [6.45, 7) is 11.8. The molecule has 0 unspecified atom stereocenters. The predicted octanol–water partition coefficient (Wildman–Crippen LogP) is 3.02. The molecule has 0 atom stereocenters. The van der Waals surface area contributed by atoms with E-state index in [0.717, 1.165) is 12.8 Å². The zero-order chi connectivity index (χ0) is 13.1. The maximum Gasteiger partial charge on any atom is 0.412 e. The Morgan fingerprint density at radius 1 is 1.29 bits per heavy atom. The maximum atomic E-state index is 11.9. The second kappa shape index (κ2) is 5.25. The fraction of sp³-hybridized carbons (Fsp3) is 0.923. The van der Waals surface area contributed by atoms with Crippen LogP contribution >= 0.6 is 0 Å². The van der Waals surface area contributed by atoms with Crippen molar-refractivity contribution in [2.45, 2.75) is 53.1 Å². The van der Waals surface area contributed by atoms with Gasteiger partial charge >= 0.3 is 6.09 Å². The molecule has 0 bridgehead atoms. The van der Waals surface area contributed by atoms with Crippen LogP contribution in [0.4, 0.5) is 4.79 Å². The highest BCUT2D eigenvalue weighted by Gasteiger charge is 2.27. The Kier molecular flexibility index (Phi) is 4.42. The summed E-state index contributed by atoms with van der Waals surface area (Å²) in [7, 11) is 0. The van der Waals surface area contributed by atoms with Crippen LogP contribution in [0, 0.1) is 5.41 Å². The number of hydrogen-bond donors (Lipinski definition) is 0. The lowest BCUT2D eigenvalue weighted by Crippen LogP contribution is -2.41. The molecule has 1 saturated heterocycles. The smallest absolute Gasteiger partial charge is 0.412 e. The van der Waals surface area contributed by atoms with Gasteiger partial charge in [0.05, 0.1) is 0 Å². The van der Waals surface area contributed by atoms with E-state index in [2.05, 4.69) is 13.8 Å². The Labute approximate surface area is 104 Å². The zero-order valence-corrected chi connectivity index (χ0v) is 11.7. The van der Waals surface area contributed by atoms with Crippen LogP contribution < -0.4 is 0 Å². The summed E-state index contributed by atoms with van der Waals surface area (Å²) in [6, 6.07) is 0. The molecule has 1 amide bonds. The third-order valence-corrected chi connectivity index (χ3v) is 2.88.